The summed E-state index contributed by atoms with van der Waals surface area (Å²) < 4.78 is 39.6. The minimum absolute atomic E-state index is 0.216. The minimum atomic E-state index is -4.46. The normalized spacial score (nSPS) is 14.5. The molecule has 1 nitrogen and oxygen atoms in total. The van der Waals surface area contributed by atoms with Crippen molar-refractivity contribution in [2.75, 3.05) is 0 Å². The van der Waals surface area contributed by atoms with Gasteiger partial charge in [-0.15, -0.1) is 0 Å². The Morgan fingerprint density at radius 1 is 0.815 bits per heavy atom. The lowest BCUT2D eigenvalue weighted by atomic mass is 9.80. The Hall–Kier alpha value is -2.33. The molecule has 3 aromatic rings. The monoisotopic (exact) mass is 371 g/mol. The summed E-state index contributed by atoms with van der Waals surface area (Å²) >= 11 is 0. The van der Waals surface area contributed by atoms with Crippen LogP contribution in [-0.4, -0.2) is 5.11 Å². The third-order valence-corrected chi connectivity index (χ3v) is 4.70. The molecule has 1 unspecified atom stereocenters. The van der Waals surface area contributed by atoms with E-state index in [1.165, 1.54) is 6.07 Å². The smallest absolute Gasteiger partial charge is 0.380 e. The van der Waals surface area contributed by atoms with Gasteiger partial charge in [0, 0.05) is 6.42 Å². The summed E-state index contributed by atoms with van der Waals surface area (Å²) in [6, 6.07) is 18.1. The fourth-order valence-electron chi connectivity index (χ4n) is 3.17. The van der Waals surface area contributed by atoms with E-state index >= 15 is 0 Å². The molecule has 0 saturated heterocycles. The SMILES string of the molecule is CC(C)C[CH]C(O)(c1cccc(C(F)(F)F)c1)c1ccc2ccccc2c1. The molecule has 0 aliphatic carbocycles. The standard InChI is InChI=1S/C23H22F3O/c1-16(2)12-13-22(27,19-8-5-9-21(15-19)23(24,25)26)20-11-10-17-6-3-4-7-18(17)14-20/h3-11,13-16,27H,12H2,1-2H3. The average molecular weight is 371 g/mol. The van der Waals surface area contributed by atoms with Crippen LogP contribution >= 0.6 is 0 Å². The van der Waals surface area contributed by atoms with Crippen molar-refractivity contribution in [3.63, 3.8) is 0 Å². The van der Waals surface area contributed by atoms with Gasteiger partial charge in [0.05, 0.1) is 5.56 Å². The Morgan fingerprint density at radius 2 is 1.44 bits per heavy atom. The molecular formula is C23H22F3O. The molecular weight excluding hydrogens is 349 g/mol. The molecule has 4 heteroatoms. The molecule has 1 atom stereocenters. The van der Waals surface area contributed by atoms with Gasteiger partial charge in [0.15, 0.2) is 0 Å². The van der Waals surface area contributed by atoms with Crippen LogP contribution in [0.1, 0.15) is 37.0 Å². The summed E-state index contributed by atoms with van der Waals surface area (Å²) in [5.74, 6) is 0.266. The number of benzene rings is 3. The van der Waals surface area contributed by atoms with Crippen molar-refractivity contribution in [2.45, 2.75) is 32.0 Å². The molecule has 0 saturated carbocycles. The summed E-state index contributed by atoms with van der Waals surface area (Å²) in [6.45, 7) is 4.01. The molecule has 0 fully saturated rings. The largest absolute Gasteiger partial charge is 0.416 e. The number of hydrogen-bond donors (Lipinski definition) is 1. The van der Waals surface area contributed by atoms with Gasteiger partial charge < -0.3 is 5.11 Å². The summed E-state index contributed by atoms with van der Waals surface area (Å²) in [5.41, 5.74) is -1.60. The first kappa shape index (κ1) is 19.4. The van der Waals surface area contributed by atoms with Crippen molar-refractivity contribution in [1.29, 1.82) is 0 Å². The van der Waals surface area contributed by atoms with Crippen LogP contribution in [0.4, 0.5) is 13.2 Å². The highest BCUT2D eigenvalue weighted by Crippen LogP contribution is 2.38. The van der Waals surface area contributed by atoms with Crippen LogP contribution in [-0.2, 0) is 11.8 Å². The zero-order valence-corrected chi connectivity index (χ0v) is 15.3. The molecule has 0 aliphatic heterocycles. The summed E-state index contributed by atoms with van der Waals surface area (Å²) in [6.07, 6.45) is -2.19. The average Bonchev–Trinajstić information content (AvgIpc) is 2.65. The van der Waals surface area contributed by atoms with Crippen molar-refractivity contribution in [3.8, 4) is 0 Å². The minimum Gasteiger partial charge on any atom is -0.380 e. The van der Waals surface area contributed by atoms with E-state index in [0.29, 0.717) is 12.0 Å². The van der Waals surface area contributed by atoms with Crippen molar-refractivity contribution < 1.29 is 18.3 Å². The second-order valence-electron chi connectivity index (χ2n) is 7.24. The van der Waals surface area contributed by atoms with Crippen LogP contribution in [0.15, 0.2) is 66.7 Å². The number of alkyl halides is 3. The van der Waals surface area contributed by atoms with Gasteiger partial charge in [-0.25, -0.2) is 0 Å². The van der Waals surface area contributed by atoms with Crippen molar-refractivity contribution in [1.82, 2.24) is 0 Å². The van der Waals surface area contributed by atoms with Crippen LogP contribution in [0.3, 0.4) is 0 Å². The maximum atomic E-state index is 13.2. The maximum Gasteiger partial charge on any atom is 0.416 e. The summed E-state index contributed by atoms with van der Waals surface area (Å²) in [4.78, 5) is 0. The Labute approximate surface area is 157 Å². The summed E-state index contributed by atoms with van der Waals surface area (Å²) in [7, 11) is 0. The second kappa shape index (κ2) is 7.35. The number of fused-ring (bicyclic) bond motifs is 1. The quantitative estimate of drug-likeness (QED) is 0.554. The topological polar surface area (TPSA) is 20.2 Å². The first-order valence-corrected chi connectivity index (χ1v) is 8.94. The van der Waals surface area contributed by atoms with Gasteiger partial charge in [0.1, 0.15) is 5.60 Å². The molecule has 3 aromatic carbocycles. The van der Waals surface area contributed by atoms with E-state index in [1.54, 1.807) is 18.6 Å². The van der Waals surface area contributed by atoms with Crippen molar-refractivity contribution in [3.05, 3.63) is 89.8 Å². The second-order valence-corrected chi connectivity index (χ2v) is 7.24. The van der Waals surface area contributed by atoms with Gasteiger partial charge in [-0.2, -0.15) is 13.2 Å². The summed E-state index contributed by atoms with van der Waals surface area (Å²) in [5, 5.41) is 13.5. The van der Waals surface area contributed by atoms with Gasteiger partial charge in [-0.3, -0.25) is 0 Å². The van der Waals surface area contributed by atoms with Gasteiger partial charge in [0.2, 0.25) is 0 Å². The van der Waals surface area contributed by atoms with E-state index in [1.807, 2.05) is 50.2 Å². The van der Waals surface area contributed by atoms with E-state index in [2.05, 4.69) is 0 Å². The lowest BCUT2D eigenvalue weighted by Gasteiger charge is -2.31. The van der Waals surface area contributed by atoms with E-state index < -0.39 is 17.3 Å². The van der Waals surface area contributed by atoms with E-state index in [-0.39, 0.29) is 11.5 Å². The molecule has 0 heterocycles. The predicted octanol–water partition coefficient (Wildman–Crippen LogP) is 6.34. The Morgan fingerprint density at radius 3 is 2.11 bits per heavy atom. The number of halogens is 3. The van der Waals surface area contributed by atoms with Gasteiger partial charge in [-0.05, 0) is 52.4 Å². The molecule has 27 heavy (non-hydrogen) atoms. The molecule has 1 radical (unpaired) electrons. The number of hydrogen-bond acceptors (Lipinski definition) is 1. The van der Waals surface area contributed by atoms with E-state index in [9.17, 15) is 18.3 Å². The Balaban J connectivity index is 2.13. The fourth-order valence-corrected chi connectivity index (χ4v) is 3.17. The molecule has 3 rings (SSSR count). The number of rotatable bonds is 5. The molecule has 0 bridgehead atoms. The van der Waals surface area contributed by atoms with Crippen LogP contribution < -0.4 is 0 Å². The Kier molecular flexibility index (Phi) is 5.29. The lowest BCUT2D eigenvalue weighted by molar-refractivity contribution is -0.137. The molecule has 0 amide bonds. The zero-order valence-electron chi connectivity index (χ0n) is 15.3. The van der Waals surface area contributed by atoms with Crippen LogP contribution in [0, 0.1) is 12.3 Å². The lowest BCUT2D eigenvalue weighted by Crippen LogP contribution is -2.29. The van der Waals surface area contributed by atoms with Crippen molar-refractivity contribution >= 4 is 10.8 Å². The van der Waals surface area contributed by atoms with Gasteiger partial charge in [0.25, 0.3) is 0 Å². The molecule has 0 aromatic heterocycles. The van der Waals surface area contributed by atoms with Gasteiger partial charge in [-0.1, -0.05) is 62.4 Å². The zero-order chi connectivity index (χ0) is 19.7. The highest BCUT2D eigenvalue weighted by Gasteiger charge is 2.36. The third kappa shape index (κ3) is 4.16. The van der Waals surface area contributed by atoms with Gasteiger partial charge >= 0.3 is 6.18 Å². The maximum absolute atomic E-state index is 13.2. The molecule has 141 valence electrons. The molecule has 0 spiro atoms. The fraction of sp³-hybridized carbons (Fsp3) is 0.261. The predicted molar refractivity (Wildman–Crippen MR) is 102 cm³/mol. The third-order valence-electron chi connectivity index (χ3n) is 4.70. The highest BCUT2D eigenvalue weighted by atomic mass is 19.4. The van der Waals surface area contributed by atoms with Crippen molar-refractivity contribution in [2.24, 2.45) is 5.92 Å². The highest BCUT2D eigenvalue weighted by molar-refractivity contribution is 5.83. The Bertz CT molecular complexity index is 930. The van der Waals surface area contributed by atoms with Crippen LogP contribution in [0.5, 0.6) is 0 Å². The van der Waals surface area contributed by atoms with E-state index in [0.717, 1.165) is 22.9 Å². The van der Waals surface area contributed by atoms with E-state index in [4.69, 9.17) is 0 Å². The number of aliphatic hydroxyl groups is 1. The molecule has 1 N–H and O–H groups in total. The first-order valence-electron chi connectivity index (χ1n) is 8.94. The molecule has 0 aliphatic rings. The van der Waals surface area contributed by atoms with Crippen LogP contribution in [0.25, 0.3) is 10.8 Å². The first-order chi connectivity index (χ1) is 12.7. The van der Waals surface area contributed by atoms with Crippen LogP contribution in [0.2, 0.25) is 0 Å².